The molecule has 0 saturated carbocycles. The van der Waals surface area contributed by atoms with Gasteiger partial charge in [-0.3, -0.25) is 4.99 Å². The van der Waals surface area contributed by atoms with Crippen molar-refractivity contribution in [2.45, 2.75) is 13.5 Å². The van der Waals surface area contributed by atoms with Crippen LogP contribution in [0.1, 0.15) is 18.1 Å². The minimum absolute atomic E-state index is 0.161. The van der Waals surface area contributed by atoms with Gasteiger partial charge in [0.25, 0.3) is 0 Å². The highest BCUT2D eigenvalue weighted by Crippen LogP contribution is 2.22. The van der Waals surface area contributed by atoms with E-state index in [9.17, 15) is 0 Å². The monoisotopic (exact) mass is 301 g/mol. The number of nitrogens with zero attached hydrogens (tertiary/aromatic N) is 4. The zero-order valence-electron chi connectivity index (χ0n) is 13.0. The molecule has 0 unspecified atom stereocenters. The molecule has 4 heteroatoms. The summed E-state index contributed by atoms with van der Waals surface area (Å²) < 4.78 is 1.83. The summed E-state index contributed by atoms with van der Waals surface area (Å²) in [5, 5.41) is 17.3. The Morgan fingerprint density at radius 3 is 2.48 bits per heavy atom. The number of rotatable bonds is 5. The molecule has 1 aromatic heterocycles. The van der Waals surface area contributed by atoms with E-state index in [1.54, 1.807) is 6.21 Å². The maximum absolute atomic E-state index is 8.71. The number of benzene rings is 1. The largest absolute Gasteiger partial charge is 0.277 e. The number of hydrogen-bond donors (Lipinski definition) is 0. The second kappa shape index (κ2) is 8.26. The standard InChI is InChI=1S/C19H17N4/c1-2-3-17-14-18(4-5-19(17)15-22-10-8-20)16-6-11-23(12-7-16)13-9-21/h2-7,11-12,14-15H,10,13H2,1H3/q+1/b3-2-,22-15+. The Morgan fingerprint density at radius 1 is 1.04 bits per heavy atom. The van der Waals surface area contributed by atoms with Crippen LogP contribution >= 0.6 is 0 Å². The van der Waals surface area contributed by atoms with Gasteiger partial charge in [-0.15, -0.1) is 0 Å². The number of aliphatic imine (C=N–C) groups is 1. The summed E-state index contributed by atoms with van der Waals surface area (Å²) in [6.07, 6.45) is 9.53. The molecule has 1 heterocycles. The summed E-state index contributed by atoms with van der Waals surface area (Å²) >= 11 is 0. The lowest BCUT2D eigenvalue weighted by Gasteiger charge is -2.06. The van der Waals surface area contributed by atoms with E-state index >= 15 is 0 Å². The third-order valence-electron chi connectivity index (χ3n) is 3.30. The van der Waals surface area contributed by atoms with Gasteiger partial charge in [-0.05, 0) is 35.2 Å². The minimum atomic E-state index is 0.161. The first-order valence-electron chi connectivity index (χ1n) is 7.28. The molecule has 0 aliphatic heterocycles. The van der Waals surface area contributed by atoms with Gasteiger partial charge < -0.3 is 0 Å². The number of hydrogen-bond acceptors (Lipinski definition) is 3. The van der Waals surface area contributed by atoms with Gasteiger partial charge in [-0.1, -0.05) is 24.3 Å². The summed E-state index contributed by atoms with van der Waals surface area (Å²) in [5.74, 6) is 0. The van der Waals surface area contributed by atoms with Crippen molar-refractivity contribution >= 4 is 12.3 Å². The van der Waals surface area contributed by atoms with Gasteiger partial charge in [-0.2, -0.15) is 15.1 Å². The third-order valence-corrected chi connectivity index (χ3v) is 3.30. The molecule has 2 rings (SSSR count). The van der Waals surface area contributed by atoms with Gasteiger partial charge in [-0.25, -0.2) is 0 Å². The first kappa shape index (κ1) is 16.1. The van der Waals surface area contributed by atoms with E-state index in [2.05, 4.69) is 17.1 Å². The quantitative estimate of drug-likeness (QED) is 0.484. The second-order valence-corrected chi connectivity index (χ2v) is 4.89. The van der Waals surface area contributed by atoms with Gasteiger partial charge in [0, 0.05) is 18.3 Å². The fourth-order valence-corrected chi connectivity index (χ4v) is 2.22. The van der Waals surface area contributed by atoms with Crippen molar-refractivity contribution in [2.75, 3.05) is 6.54 Å². The molecule has 23 heavy (non-hydrogen) atoms. The lowest BCUT2D eigenvalue weighted by molar-refractivity contribution is -0.685. The minimum Gasteiger partial charge on any atom is -0.277 e. The van der Waals surface area contributed by atoms with Gasteiger partial charge in [0.1, 0.15) is 12.6 Å². The zero-order valence-corrected chi connectivity index (χ0v) is 13.0. The Bertz CT molecular complexity index is 803. The lowest BCUT2D eigenvalue weighted by Crippen LogP contribution is -2.31. The van der Waals surface area contributed by atoms with E-state index in [-0.39, 0.29) is 6.54 Å². The van der Waals surface area contributed by atoms with Crippen molar-refractivity contribution in [3.63, 3.8) is 0 Å². The highest BCUT2D eigenvalue weighted by atomic mass is 14.9. The predicted octanol–water partition coefficient (Wildman–Crippen LogP) is 3.14. The Morgan fingerprint density at radius 2 is 1.83 bits per heavy atom. The molecule has 112 valence electrons. The molecular formula is C19H17N4+. The SMILES string of the molecule is C/C=C\c1cc(-c2cc[n+](CC#N)cc2)ccc1/C=N/CC#N. The average molecular weight is 301 g/mol. The maximum atomic E-state index is 8.71. The first-order valence-corrected chi connectivity index (χ1v) is 7.28. The third kappa shape index (κ3) is 4.36. The van der Waals surface area contributed by atoms with Crippen LogP contribution in [0.2, 0.25) is 0 Å². The van der Waals surface area contributed by atoms with Crippen LogP contribution in [0, 0.1) is 22.7 Å². The Hall–Kier alpha value is -3.24. The molecule has 1 aromatic carbocycles. The molecule has 0 aliphatic rings. The van der Waals surface area contributed by atoms with Crippen LogP contribution in [-0.2, 0) is 6.54 Å². The van der Waals surface area contributed by atoms with Gasteiger partial charge in [0.05, 0.1) is 6.07 Å². The van der Waals surface area contributed by atoms with E-state index < -0.39 is 0 Å². The van der Waals surface area contributed by atoms with Crippen LogP contribution in [0.4, 0.5) is 0 Å². The zero-order chi connectivity index (χ0) is 16.5. The van der Waals surface area contributed by atoms with E-state index in [0.717, 1.165) is 22.3 Å². The Labute approximate surface area is 136 Å². The van der Waals surface area contributed by atoms with Crippen molar-refractivity contribution < 1.29 is 4.57 Å². The van der Waals surface area contributed by atoms with Crippen LogP contribution in [0.3, 0.4) is 0 Å². The van der Waals surface area contributed by atoms with Crippen molar-refractivity contribution in [3.05, 3.63) is 59.9 Å². The second-order valence-electron chi connectivity index (χ2n) is 4.89. The van der Waals surface area contributed by atoms with E-state index in [1.165, 1.54) is 0 Å². The molecule has 0 fully saturated rings. The van der Waals surface area contributed by atoms with E-state index in [0.29, 0.717) is 6.54 Å². The highest BCUT2D eigenvalue weighted by Gasteiger charge is 2.05. The number of nitriles is 2. The summed E-state index contributed by atoms with van der Waals surface area (Å²) in [6.45, 7) is 2.48. The molecule has 0 amide bonds. The molecule has 0 spiro atoms. The summed E-state index contributed by atoms with van der Waals surface area (Å²) in [7, 11) is 0. The molecule has 0 aliphatic carbocycles. The Kier molecular flexibility index (Phi) is 5.80. The summed E-state index contributed by atoms with van der Waals surface area (Å²) in [4.78, 5) is 4.08. The Balaban J connectivity index is 2.35. The van der Waals surface area contributed by atoms with Gasteiger partial charge in [0.2, 0.25) is 6.54 Å². The van der Waals surface area contributed by atoms with E-state index in [1.807, 2.05) is 66.4 Å². The molecule has 0 bridgehead atoms. The van der Waals surface area contributed by atoms with E-state index in [4.69, 9.17) is 10.5 Å². The van der Waals surface area contributed by atoms with Crippen LogP contribution in [0.15, 0.2) is 53.8 Å². The van der Waals surface area contributed by atoms with Crippen molar-refractivity contribution in [1.82, 2.24) is 0 Å². The van der Waals surface area contributed by atoms with Crippen LogP contribution in [0.25, 0.3) is 17.2 Å². The van der Waals surface area contributed by atoms with Crippen molar-refractivity contribution in [2.24, 2.45) is 4.99 Å². The fourth-order valence-electron chi connectivity index (χ4n) is 2.22. The molecular weight excluding hydrogens is 284 g/mol. The molecule has 0 N–H and O–H groups in total. The van der Waals surface area contributed by atoms with Crippen molar-refractivity contribution in [3.8, 4) is 23.3 Å². The molecule has 0 saturated heterocycles. The highest BCUT2D eigenvalue weighted by molar-refractivity contribution is 5.87. The van der Waals surface area contributed by atoms with Crippen LogP contribution < -0.4 is 4.57 Å². The van der Waals surface area contributed by atoms with Crippen LogP contribution in [0.5, 0.6) is 0 Å². The number of aromatic nitrogens is 1. The molecule has 0 atom stereocenters. The normalized spacial score (nSPS) is 10.7. The summed E-state index contributed by atoms with van der Waals surface area (Å²) in [5.41, 5.74) is 4.23. The first-order chi connectivity index (χ1) is 11.3. The topological polar surface area (TPSA) is 63.8 Å². The molecule has 2 aromatic rings. The smallest absolute Gasteiger partial charge is 0.233 e. The maximum Gasteiger partial charge on any atom is 0.233 e. The molecule has 4 nitrogen and oxygen atoms in total. The van der Waals surface area contributed by atoms with Crippen molar-refractivity contribution in [1.29, 1.82) is 10.5 Å². The number of pyridine rings is 1. The predicted molar refractivity (Wildman–Crippen MR) is 90.5 cm³/mol. The molecule has 0 radical (unpaired) electrons. The average Bonchev–Trinajstić information content (AvgIpc) is 2.58. The van der Waals surface area contributed by atoms with Gasteiger partial charge in [0.15, 0.2) is 12.4 Å². The van der Waals surface area contributed by atoms with Crippen LogP contribution in [-0.4, -0.2) is 12.8 Å². The van der Waals surface area contributed by atoms with Gasteiger partial charge >= 0.3 is 0 Å². The fraction of sp³-hybridized carbons (Fsp3) is 0.158. The summed E-state index contributed by atoms with van der Waals surface area (Å²) in [6, 6.07) is 14.2. The number of allylic oxidation sites excluding steroid dienone is 1. The lowest BCUT2D eigenvalue weighted by atomic mass is 10.00.